The molecule has 2 atom stereocenters. The Morgan fingerprint density at radius 1 is 1.19 bits per heavy atom. The Labute approximate surface area is 94.1 Å². The molecule has 0 spiro atoms. The number of nitrogens with zero attached hydrogens (tertiary/aromatic N) is 4. The van der Waals surface area contributed by atoms with Gasteiger partial charge in [-0.25, -0.2) is 0 Å². The van der Waals surface area contributed by atoms with Crippen LogP contribution in [0.25, 0.3) is 0 Å². The molecule has 16 heavy (non-hydrogen) atoms. The molecule has 88 valence electrons. The molecular formula is C9H17N7. The van der Waals surface area contributed by atoms with Gasteiger partial charge in [0.2, 0.25) is 11.9 Å². The number of hydrogen-bond donors (Lipinski definition) is 3. The van der Waals surface area contributed by atoms with Crippen LogP contribution in [0.5, 0.6) is 0 Å². The van der Waals surface area contributed by atoms with Crippen LogP contribution in [-0.2, 0) is 6.54 Å². The zero-order chi connectivity index (χ0) is 11.7. The highest BCUT2D eigenvalue weighted by molar-refractivity contribution is 5.25. The van der Waals surface area contributed by atoms with Crippen LogP contribution in [0, 0.1) is 5.92 Å². The first-order valence-corrected chi connectivity index (χ1v) is 5.28. The quantitative estimate of drug-likeness (QED) is 0.576. The maximum Gasteiger partial charge on any atom is 0.225 e. The second-order valence-corrected chi connectivity index (χ2v) is 4.30. The molecule has 0 saturated carbocycles. The number of nitrogens with two attached hydrogens (primary N) is 3. The molecule has 1 aromatic heterocycles. The van der Waals surface area contributed by atoms with E-state index in [1.807, 2.05) is 0 Å². The van der Waals surface area contributed by atoms with Crippen molar-refractivity contribution in [1.29, 1.82) is 0 Å². The van der Waals surface area contributed by atoms with E-state index in [9.17, 15) is 0 Å². The Morgan fingerprint density at radius 3 is 2.31 bits per heavy atom. The number of likely N-dealkylation sites (tertiary alicyclic amines) is 1. The molecule has 7 nitrogen and oxygen atoms in total. The lowest BCUT2D eigenvalue weighted by Crippen LogP contribution is -2.28. The van der Waals surface area contributed by atoms with Gasteiger partial charge in [-0.1, -0.05) is 6.92 Å². The fourth-order valence-electron chi connectivity index (χ4n) is 1.95. The molecule has 2 heterocycles. The zero-order valence-electron chi connectivity index (χ0n) is 9.30. The highest BCUT2D eigenvalue weighted by Gasteiger charge is 2.26. The lowest BCUT2D eigenvalue weighted by molar-refractivity contribution is 0.310. The Morgan fingerprint density at radius 2 is 1.81 bits per heavy atom. The van der Waals surface area contributed by atoms with Crippen molar-refractivity contribution in [1.82, 2.24) is 19.9 Å². The van der Waals surface area contributed by atoms with Gasteiger partial charge in [0, 0.05) is 19.1 Å². The number of hydrogen-bond acceptors (Lipinski definition) is 7. The third-order valence-corrected chi connectivity index (χ3v) is 2.83. The molecular weight excluding hydrogens is 206 g/mol. The van der Waals surface area contributed by atoms with Crippen LogP contribution in [0.3, 0.4) is 0 Å². The van der Waals surface area contributed by atoms with Gasteiger partial charge in [0.1, 0.15) is 5.82 Å². The first-order valence-electron chi connectivity index (χ1n) is 5.28. The smallest absolute Gasteiger partial charge is 0.225 e. The van der Waals surface area contributed by atoms with Gasteiger partial charge in [0.05, 0.1) is 6.54 Å². The topological polar surface area (TPSA) is 120 Å². The van der Waals surface area contributed by atoms with Crippen LogP contribution in [-0.4, -0.2) is 39.0 Å². The van der Waals surface area contributed by atoms with Crippen LogP contribution >= 0.6 is 0 Å². The SMILES string of the molecule is CC1CN(Cc2nc(N)nc(N)n2)CC1N. The largest absolute Gasteiger partial charge is 0.368 e. The van der Waals surface area contributed by atoms with E-state index in [1.165, 1.54) is 0 Å². The molecule has 1 saturated heterocycles. The van der Waals surface area contributed by atoms with Crippen molar-refractivity contribution in [3.8, 4) is 0 Å². The van der Waals surface area contributed by atoms with Crippen LogP contribution in [0.4, 0.5) is 11.9 Å². The number of nitrogen functional groups attached to an aromatic ring is 2. The molecule has 0 aliphatic carbocycles. The number of rotatable bonds is 2. The van der Waals surface area contributed by atoms with E-state index in [1.54, 1.807) is 0 Å². The highest BCUT2D eigenvalue weighted by Crippen LogP contribution is 2.16. The fourth-order valence-corrected chi connectivity index (χ4v) is 1.95. The Bertz CT molecular complexity index is 350. The van der Waals surface area contributed by atoms with Crippen molar-refractivity contribution in [2.24, 2.45) is 11.7 Å². The summed E-state index contributed by atoms with van der Waals surface area (Å²) in [7, 11) is 0. The molecule has 2 unspecified atom stereocenters. The van der Waals surface area contributed by atoms with Crippen molar-refractivity contribution in [3.63, 3.8) is 0 Å². The summed E-state index contributed by atoms with van der Waals surface area (Å²) in [5, 5.41) is 0. The third kappa shape index (κ3) is 2.37. The van der Waals surface area contributed by atoms with Crippen molar-refractivity contribution < 1.29 is 0 Å². The second-order valence-electron chi connectivity index (χ2n) is 4.30. The molecule has 0 bridgehead atoms. The maximum atomic E-state index is 5.94. The first-order chi connectivity index (χ1) is 7.54. The van der Waals surface area contributed by atoms with E-state index in [0.29, 0.717) is 18.3 Å². The summed E-state index contributed by atoms with van der Waals surface area (Å²) in [5.41, 5.74) is 16.9. The third-order valence-electron chi connectivity index (χ3n) is 2.83. The summed E-state index contributed by atoms with van der Waals surface area (Å²) in [5.74, 6) is 1.43. The lowest BCUT2D eigenvalue weighted by Gasteiger charge is -2.13. The van der Waals surface area contributed by atoms with Crippen LogP contribution < -0.4 is 17.2 Å². The molecule has 1 fully saturated rings. The van der Waals surface area contributed by atoms with E-state index in [0.717, 1.165) is 13.1 Å². The minimum atomic E-state index is 0.166. The monoisotopic (exact) mass is 223 g/mol. The summed E-state index contributed by atoms with van der Waals surface area (Å²) in [6, 6.07) is 0.219. The summed E-state index contributed by atoms with van der Waals surface area (Å²) in [6.45, 7) is 4.56. The van der Waals surface area contributed by atoms with Gasteiger partial charge in [0.25, 0.3) is 0 Å². The summed E-state index contributed by atoms with van der Waals surface area (Å²) in [6.07, 6.45) is 0. The van der Waals surface area contributed by atoms with Crippen LogP contribution in [0.1, 0.15) is 12.7 Å². The van der Waals surface area contributed by atoms with Crippen molar-refractivity contribution >= 4 is 11.9 Å². The summed E-state index contributed by atoms with van der Waals surface area (Å²) >= 11 is 0. The molecule has 7 heteroatoms. The second kappa shape index (κ2) is 4.18. The number of aromatic nitrogens is 3. The van der Waals surface area contributed by atoms with Gasteiger partial charge >= 0.3 is 0 Å². The molecule has 1 aliphatic rings. The molecule has 1 aromatic rings. The maximum absolute atomic E-state index is 5.94. The average molecular weight is 223 g/mol. The fraction of sp³-hybridized carbons (Fsp3) is 0.667. The van der Waals surface area contributed by atoms with Gasteiger partial charge in [-0.3, -0.25) is 4.90 Å². The molecule has 6 N–H and O–H groups in total. The van der Waals surface area contributed by atoms with E-state index in [4.69, 9.17) is 17.2 Å². The molecule has 0 radical (unpaired) electrons. The van der Waals surface area contributed by atoms with E-state index < -0.39 is 0 Å². The van der Waals surface area contributed by atoms with Crippen LogP contribution in [0.2, 0.25) is 0 Å². The van der Waals surface area contributed by atoms with Gasteiger partial charge < -0.3 is 17.2 Å². The number of anilines is 2. The normalized spacial score (nSPS) is 26.1. The summed E-state index contributed by atoms with van der Waals surface area (Å²) in [4.78, 5) is 14.0. The Kier molecular flexibility index (Phi) is 2.88. The van der Waals surface area contributed by atoms with E-state index in [-0.39, 0.29) is 17.9 Å². The van der Waals surface area contributed by atoms with Crippen molar-refractivity contribution in [2.75, 3.05) is 24.6 Å². The first kappa shape index (κ1) is 11.0. The Balaban J connectivity index is 2.04. The van der Waals surface area contributed by atoms with Crippen LogP contribution in [0.15, 0.2) is 0 Å². The highest BCUT2D eigenvalue weighted by atomic mass is 15.2. The van der Waals surface area contributed by atoms with Crippen molar-refractivity contribution in [2.45, 2.75) is 19.5 Å². The minimum absolute atomic E-state index is 0.166. The van der Waals surface area contributed by atoms with E-state index in [2.05, 4.69) is 26.8 Å². The minimum Gasteiger partial charge on any atom is -0.368 e. The van der Waals surface area contributed by atoms with Gasteiger partial charge in [-0.2, -0.15) is 15.0 Å². The predicted octanol–water partition coefficient (Wildman–Crippen LogP) is -1.18. The average Bonchev–Trinajstić information content (AvgIpc) is 2.43. The molecule has 0 amide bonds. The molecule has 2 rings (SSSR count). The van der Waals surface area contributed by atoms with Gasteiger partial charge in [-0.15, -0.1) is 0 Å². The standard InChI is InChI=1S/C9H17N7/c1-5-2-16(3-6(5)10)4-7-13-8(11)15-9(12)14-7/h5-6H,2-4,10H2,1H3,(H4,11,12,13,14,15). The van der Waals surface area contributed by atoms with E-state index >= 15 is 0 Å². The Hall–Kier alpha value is -1.47. The lowest BCUT2D eigenvalue weighted by atomic mass is 10.1. The molecule has 1 aliphatic heterocycles. The zero-order valence-corrected chi connectivity index (χ0v) is 9.30. The molecule has 0 aromatic carbocycles. The van der Waals surface area contributed by atoms with Gasteiger partial charge in [0.15, 0.2) is 0 Å². The van der Waals surface area contributed by atoms with Crippen molar-refractivity contribution in [3.05, 3.63) is 5.82 Å². The predicted molar refractivity (Wildman–Crippen MR) is 61.1 cm³/mol. The summed E-state index contributed by atoms with van der Waals surface area (Å²) < 4.78 is 0. The van der Waals surface area contributed by atoms with Gasteiger partial charge in [-0.05, 0) is 5.92 Å².